The van der Waals surface area contributed by atoms with Crippen LogP contribution in [0.15, 0.2) is 40.9 Å². The van der Waals surface area contributed by atoms with Crippen molar-refractivity contribution >= 4 is 34.7 Å². The smallest absolute Gasteiger partial charge is 0.234 e. The number of aromatic nitrogens is 3. The van der Waals surface area contributed by atoms with Crippen molar-refractivity contribution in [1.82, 2.24) is 14.8 Å². The van der Waals surface area contributed by atoms with Crippen LogP contribution in [-0.2, 0) is 17.8 Å². The zero-order chi connectivity index (χ0) is 19.2. The van der Waals surface area contributed by atoms with E-state index < -0.39 is 0 Å². The van der Waals surface area contributed by atoms with E-state index in [2.05, 4.69) is 45.4 Å². The average molecular weight is 401 g/mol. The Hall–Kier alpha value is -2.12. The van der Waals surface area contributed by atoms with Crippen LogP contribution in [0, 0.1) is 6.92 Å². The van der Waals surface area contributed by atoms with Gasteiger partial charge in [-0.1, -0.05) is 43.8 Å². The Balaban J connectivity index is 1.71. The number of nitrogens with one attached hydrogen (secondary N) is 1. The van der Waals surface area contributed by atoms with Gasteiger partial charge in [-0.3, -0.25) is 4.79 Å². The first-order chi connectivity index (χ1) is 13.1. The van der Waals surface area contributed by atoms with Crippen molar-refractivity contribution in [2.75, 3.05) is 11.1 Å². The lowest BCUT2D eigenvalue weighted by molar-refractivity contribution is -0.113. The summed E-state index contributed by atoms with van der Waals surface area (Å²) < 4.78 is 2.12. The number of hydrogen-bond acceptors (Lipinski definition) is 5. The number of carbonyl (C=O) groups excluding carboxylic acids is 1. The second-order valence-electron chi connectivity index (χ2n) is 6.26. The summed E-state index contributed by atoms with van der Waals surface area (Å²) in [6.45, 7) is 7.11. The summed E-state index contributed by atoms with van der Waals surface area (Å²) in [4.78, 5) is 13.7. The topological polar surface area (TPSA) is 59.8 Å². The summed E-state index contributed by atoms with van der Waals surface area (Å²) in [5.41, 5.74) is 3.01. The molecule has 0 atom stereocenters. The second-order valence-corrected chi connectivity index (χ2v) is 8.20. The zero-order valence-corrected chi connectivity index (χ0v) is 17.5. The van der Waals surface area contributed by atoms with Crippen LogP contribution < -0.4 is 5.32 Å². The molecule has 5 nitrogen and oxygen atoms in total. The average Bonchev–Trinajstić information content (AvgIpc) is 3.29. The van der Waals surface area contributed by atoms with E-state index >= 15 is 0 Å². The maximum atomic E-state index is 12.3. The molecule has 3 rings (SSSR count). The molecule has 1 N–H and O–H groups in total. The van der Waals surface area contributed by atoms with Crippen LogP contribution in [0.1, 0.15) is 30.7 Å². The van der Waals surface area contributed by atoms with Gasteiger partial charge in [-0.15, -0.1) is 21.5 Å². The highest BCUT2D eigenvalue weighted by Gasteiger charge is 2.16. The Labute approximate surface area is 168 Å². The normalized spacial score (nSPS) is 10.9. The summed E-state index contributed by atoms with van der Waals surface area (Å²) in [6, 6.07) is 9.96. The van der Waals surface area contributed by atoms with Crippen molar-refractivity contribution < 1.29 is 4.79 Å². The lowest BCUT2D eigenvalue weighted by atomic mass is 10.2. The molecule has 0 saturated heterocycles. The molecule has 2 aromatic heterocycles. The number of anilines is 1. The molecule has 0 aliphatic heterocycles. The van der Waals surface area contributed by atoms with Crippen LogP contribution in [-0.4, -0.2) is 26.4 Å². The summed E-state index contributed by atoms with van der Waals surface area (Å²) in [5, 5.41) is 14.6. The highest BCUT2D eigenvalue weighted by molar-refractivity contribution is 7.99. The third-order valence-electron chi connectivity index (χ3n) is 4.18. The molecule has 1 aromatic carbocycles. The quantitative estimate of drug-likeness (QED) is 0.540. The van der Waals surface area contributed by atoms with E-state index in [0.717, 1.165) is 47.2 Å². The van der Waals surface area contributed by atoms with Crippen molar-refractivity contribution in [1.29, 1.82) is 0 Å². The van der Waals surface area contributed by atoms with Crippen molar-refractivity contribution in [2.24, 2.45) is 0 Å². The van der Waals surface area contributed by atoms with Gasteiger partial charge in [0.05, 0.1) is 5.75 Å². The molecule has 0 aliphatic carbocycles. The molecule has 0 saturated carbocycles. The predicted octanol–water partition coefficient (Wildman–Crippen LogP) is 5.02. The Morgan fingerprint density at radius 3 is 2.78 bits per heavy atom. The molecule has 0 fully saturated rings. The lowest BCUT2D eigenvalue weighted by Gasteiger charge is -2.09. The number of thioether (sulfide) groups is 1. The van der Waals surface area contributed by atoms with Gasteiger partial charge >= 0.3 is 0 Å². The Kier molecular flexibility index (Phi) is 6.68. The van der Waals surface area contributed by atoms with Crippen LogP contribution in [0.3, 0.4) is 0 Å². The summed E-state index contributed by atoms with van der Waals surface area (Å²) in [7, 11) is 0. The molecule has 2 heterocycles. The Bertz CT molecular complexity index is 916. The zero-order valence-electron chi connectivity index (χ0n) is 15.9. The monoisotopic (exact) mass is 400 g/mol. The summed E-state index contributed by atoms with van der Waals surface area (Å²) >= 11 is 3.18. The minimum absolute atomic E-state index is 0.0364. The van der Waals surface area contributed by atoms with Crippen molar-refractivity contribution in [2.45, 2.75) is 45.3 Å². The standard InChI is InChI=1S/C20H24N4OS2/c1-4-10-24-19(15-11-16(5-2)26-12-15)22-23-20(24)27-13-18(25)21-17-9-7-6-8-14(17)3/h6-9,11-12H,4-5,10,13H2,1-3H3,(H,21,25). The maximum Gasteiger partial charge on any atom is 0.234 e. The summed E-state index contributed by atoms with van der Waals surface area (Å²) in [5.74, 6) is 1.15. The number of thiophene rings is 1. The van der Waals surface area contributed by atoms with Crippen molar-refractivity contribution in [3.8, 4) is 11.4 Å². The van der Waals surface area contributed by atoms with E-state index in [4.69, 9.17) is 0 Å². The van der Waals surface area contributed by atoms with Gasteiger partial charge in [0.1, 0.15) is 0 Å². The molecule has 0 bridgehead atoms. The van der Waals surface area contributed by atoms with Gasteiger partial charge < -0.3 is 9.88 Å². The van der Waals surface area contributed by atoms with Gasteiger partial charge in [0.25, 0.3) is 0 Å². The number of carbonyl (C=O) groups is 1. The van der Waals surface area contributed by atoms with E-state index in [9.17, 15) is 4.79 Å². The van der Waals surface area contributed by atoms with Crippen molar-refractivity contribution in [3.63, 3.8) is 0 Å². The minimum Gasteiger partial charge on any atom is -0.325 e. The lowest BCUT2D eigenvalue weighted by Crippen LogP contribution is -2.15. The highest BCUT2D eigenvalue weighted by atomic mass is 32.2. The van der Waals surface area contributed by atoms with Gasteiger partial charge in [-0.2, -0.15) is 0 Å². The molecule has 142 valence electrons. The van der Waals surface area contributed by atoms with Gasteiger partial charge in [0, 0.05) is 28.1 Å². The maximum absolute atomic E-state index is 12.3. The number of rotatable bonds is 8. The van der Waals surface area contributed by atoms with Gasteiger partial charge in [-0.25, -0.2) is 0 Å². The number of nitrogens with zero attached hydrogens (tertiary/aromatic N) is 3. The molecule has 0 unspecified atom stereocenters. The van der Waals surface area contributed by atoms with Gasteiger partial charge in [0.15, 0.2) is 11.0 Å². The van der Waals surface area contributed by atoms with E-state index in [-0.39, 0.29) is 5.91 Å². The molecule has 7 heteroatoms. The molecule has 0 spiro atoms. The van der Waals surface area contributed by atoms with Crippen molar-refractivity contribution in [3.05, 3.63) is 46.2 Å². The highest BCUT2D eigenvalue weighted by Crippen LogP contribution is 2.28. The second kappa shape index (κ2) is 9.19. The third-order valence-corrected chi connectivity index (χ3v) is 6.22. The first-order valence-electron chi connectivity index (χ1n) is 9.11. The van der Waals surface area contributed by atoms with Crippen LogP contribution in [0.4, 0.5) is 5.69 Å². The number of para-hydroxylation sites is 1. The van der Waals surface area contributed by atoms with Gasteiger partial charge in [0.2, 0.25) is 5.91 Å². The first-order valence-corrected chi connectivity index (χ1v) is 11.0. The first kappa shape index (κ1) is 19.6. The van der Waals surface area contributed by atoms with E-state index in [1.807, 2.05) is 31.2 Å². The SMILES string of the molecule is CCCn1c(SCC(=O)Nc2ccccc2C)nnc1-c1csc(CC)c1. The van der Waals surface area contributed by atoms with Crippen LogP contribution in [0.5, 0.6) is 0 Å². The van der Waals surface area contributed by atoms with Gasteiger partial charge in [-0.05, 0) is 37.5 Å². The fourth-order valence-corrected chi connectivity index (χ4v) is 4.33. The number of aryl methyl sites for hydroxylation is 2. The largest absolute Gasteiger partial charge is 0.325 e. The minimum atomic E-state index is -0.0364. The Morgan fingerprint density at radius 2 is 2.07 bits per heavy atom. The van der Waals surface area contributed by atoms with Crippen LogP contribution in [0.25, 0.3) is 11.4 Å². The molecular weight excluding hydrogens is 376 g/mol. The summed E-state index contributed by atoms with van der Waals surface area (Å²) in [6.07, 6.45) is 2.01. The number of benzene rings is 1. The van der Waals surface area contributed by atoms with E-state index in [0.29, 0.717) is 5.75 Å². The number of amides is 1. The predicted molar refractivity (Wildman–Crippen MR) is 114 cm³/mol. The molecular formula is C20H24N4OS2. The van der Waals surface area contributed by atoms with E-state index in [1.54, 1.807) is 11.3 Å². The van der Waals surface area contributed by atoms with Crippen LogP contribution >= 0.6 is 23.1 Å². The molecule has 3 aromatic rings. The van der Waals surface area contributed by atoms with Crippen LogP contribution in [0.2, 0.25) is 0 Å². The Morgan fingerprint density at radius 1 is 1.26 bits per heavy atom. The molecule has 0 radical (unpaired) electrons. The molecule has 27 heavy (non-hydrogen) atoms. The fourth-order valence-electron chi connectivity index (χ4n) is 2.75. The fraction of sp³-hybridized carbons (Fsp3) is 0.350. The third kappa shape index (κ3) is 4.78. The number of hydrogen-bond donors (Lipinski definition) is 1. The molecule has 0 aliphatic rings. The molecule has 1 amide bonds. The van der Waals surface area contributed by atoms with E-state index in [1.165, 1.54) is 16.6 Å².